The highest BCUT2D eigenvalue weighted by atomic mass is 16.6. The van der Waals surface area contributed by atoms with Crippen molar-refractivity contribution in [3.63, 3.8) is 0 Å². The maximum atomic E-state index is 12.3. The van der Waals surface area contributed by atoms with Gasteiger partial charge in [0.05, 0.1) is 13.1 Å². The Labute approximate surface area is 180 Å². The first-order chi connectivity index (χ1) is 14.5. The Morgan fingerprint density at radius 1 is 0.903 bits per heavy atom. The van der Waals surface area contributed by atoms with E-state index in [0.29, 0.717) is 0 Å². The van der Waals surface area contributed by atoms with E-state index >= 15 is 0 Å². The second-order valence-corrected chi connectivity index (χ2v) is 7.63. The van der Waals surface area contributed by atoms with Crippen LogP contribution in [-0.2, 0) is 30.3 Å². The van der Waals surface area contributed by atoms with Gasteiger partial charge in [0.15, 0.2) is 0 Å². The number of primary amides is 1. The van der Waals surface area contributed by atoms with Gasteiger partial charge in [-0.25, -0.2) is 4.79 Å². The van der Waals surface area contributed by atoms with Gasteiger partial charge >= 0.3 is 6.09 Å². The Morgan fingerprint density at radius 2 is 1.52 bits per heavy atom. The molecular weight excluding hydrogens is 406 g/mol. The molecule has 1 aromatic rings. The highest BCUT2D eigenvalue weighted by molar-refractivity contribution is 5.92. The van der Waals surface area contributed by atoms with Crippen LogP contribution in [0.4, 0.5) is 4.79 Å². The summed E-state index contributed by atoms with van der Waals surface area (Å²) < 4.78 is 5.00. The van der Waals surface area contributed by atoms with Crippen LogP contribution in [0, 0.1) is 0 Å². The first-order valence-electron chi connectivity index (χ1n) is 9.59. The molecular formula is C20H29N5O6. The number of hydrogen-bond donors (Lipinski definition) is 5. The lowest BCUT2D eigenvalue weighted by molar-refractivity contribution is -0.130. The van der Waals surface area contributed by atoms with Crippen molar-refractivity contribution in [2.75, 3.05) is 19.6 Å². The Morgan fingerprint density at radius 3 is 2.10 bits per heavy atom. The molecule has 0 fully saturated rings. The summed E-state index contributed by atoms with van der Waals surface area (Å²) in [4.78, 5) is 58.8. The molecule has 0 radical (unpaired) electrons. The first kappa shape index (κ1) is 25.4. The topological polar surface area (TPSA) is 169 Å². The van der Waals surface area contributed by atoms with Crippen molar-refractivity contribution < 1.29 is 28.7 Å². The van der Waals surface area contributed by atoms with E-state index in [1.54, 1.807) is 45.0 Å². The number of hydrogen-bond acceptors (Lipinski definition) is 6. The number of carbonyl (C=O) groups is 5. The molecule has 0 aliphatic rings. The van der Waals surface area contributed by atoms with Crippen molar-refractivity contribution in [3.05, 3.63) is 35.9 Å². The van der Waals surface area contributed by atoms with Crippen molar-refractivity contribution in [2.45, 2.75) is 38.8 Å². The molecule has 0 aliphatic carbocycles. The number of carbonyl (C=O) groups excluding carboxylic acids is 5. The zero-order valence-corrected chi connectivity index (χ0v) is 17.8. The van der Waals surface area contributed by atoms with Crippen molar-refractivity contribution in [3.8, 4) is 0 Å². The summed E-state index contributed by atoms with van der Waals surface area (Å²) in [6.45, 7) is 3.89. The number of rotatable bonds is 10. The lowest BCUT2D eigenvalue weighted by Crippen LogP contribution is -2.52. The molecule has 1 rings (SSSR count). The molecule has 0 heterocycles. The SMILES string of the molecule is CC(C)(C)OC(=O)NCC(=O)NCC(=O)N[C@@H](Cc1ccccc1)C(=O)NCC(N)=O. The molecule has 5 amide bonds. The predicted octanol–water partition coefficient (Wildman–Crippen LogP) is -1.04. The summed E-state index contributed by atoms with van der Waals surface area (Å²) >= 11 is 0. The lowest BCUT2D eigenvalue weighted by atomic mass is 10.1. The second kappa shape index (κ2) is 12.2. The maximum absolute atomic E-state index is 12.3. The van der Waals surface area contributed by atoms with Crippen LogP contribution in [0.3, 0.4) is 0 Å². The summed E-state index contributed by atoms with van der Waals surface area (Å²) in [6, 6.07) is 7.97. The molecule has 170 valence electrons. The molecule has 0 aliphatic heterocycles. The van der Waals surface area contributed by atoms with Crippen molar-refractivity contribution >= 4 is 29.7 Å². The van der Waals surface area contributed by atoms with Crippen LogP contribution < -0.4 is 27.0 Å². The molecule has 31 heavy (non-hydrogen) atoms. The maximum Gasteiger partial charge on any atom is 0.408 e. The van der Waals surface area contributed by atoms with Crippen molar-refractivity contribution in [1.82, 2.24) is 21.3 Å². The molecule has 0 aromatic heterocycles. The molecule has 11 nitrogen and oxygen atoms in total. The number of amides is 5. The van der Waals surface area contributed by atoms with Crippen LogP contribution in [0.15, 0.2) is 30.3 Å². The van der Waals surface area contributed by atoms with E-state index in [-0.39, 0.29) is 19.5 Å². The van der Waals surface area contributed by atoms with Gasteiger partial charge in [0, 0.05) is 6.42 Å². The molecule has 11 heteroatoms. The molecule has 0 spiro atoms. The molecule has 6 N–H and O–H groups in total. The summed E-state index contributed by atoms with van der Waals surface area (Å²) in [5.41, 5.74) is 5.11. The molecule has 0 saturated heterocycles. The number of nitrogens with two attached hydrogens (primary N) is 1. The molecule has 0 saturated carbocycles. The predicted molar refractivity (Wildman–Crippen MR) is 112 cm³/mol. The molecule has 1 aromatic carbocycles. The van der Waals surface area contributed by atoms with Crippen LogP contribution in [-0.4, -0.2) is 61.0 Å². The van der Waals surface area contributed by atoms with Crippen LogP contribution in [0.2, 0.25) is 0 Å². The zero-order chi connectivity index (χ0) is 23.4. The Hall–Kier alpha value is -3.63. The average Bonchev–Trinajstić information content (AvgIpc) is 2.68. The summed E-state index contributed by atoms with van der Waals surface area (Å²) in [6.07, 6.45) is -0.591. The third kappa shape index (κ3) is 11.8. The van der Waals surface area contributed by atoms with E-state index in [1.807, 2.05) is 6.07 Å². The number of ether oxygens (including phenoxy) is 1. The Balaban J connectivity index is 2.55. The third-order valence-corrected chi connectivity index (χ3v) is 3.61. The van der Waals surface area contributed by atoms with E-state index in [2.05, 4.69) is 21.3 Å². The van der Waals surface area contributed by atoms with Gasteiger partial charge in [-0.3, -0.25) is 19.2 Å². The normalized spacial score (nSPS) is 11.6. The van der Waals surface area contributed by atoms with Gasteiger partial charge in [-0.2, -0.15) is 0 Å². The summed E-state index contributed by atoms with van der Waals surface area (Å²) in [7, 11) is 0. The minimum absolute atomic E-state index is 0.172. The smallest absolute Gasteiger partial charge is 0.408 e. The van der Waals surface area contributed by atoms with E-state index in [0.717, 1.165) is 5.56 Å². The van der Waals surface area contributed by atoms with Crippen LogP contribution in [0.25, 0.3) is 0 Å². The van der Waals surface area contributed by atoms with E-state index in [4.69, 9.17) is 10.5 Å². The number of nitrogens with one attached hydrogen (secondary N) is 4. The highest BCUT2D eigenvalue weighted by Crippen LogP contribution is 2.06. The van der Waals surface area contributed by atoms with E-state index < -0.39 is 47.9 Å². The quantitative estimate of drug-likeness (QED) is 0.314. The Kier molecular flexibility index (Phi) is 9.96. The van der Waals surface area contributed by atoms with Gasteiger partial charge in [0.25, 0.3) is 0 Å². The minimum Gasteiger partial charge on any atom is -0.444 e. The number of benzene rings is 1. The third-order valence-electron chi connectivity index (χ3n) is 3.61. The van der Waals surface area contributed by atoms with Crippen molar-refractivity contribution in [2.24, 2.45) is 5.73 Å². The fourth-order valence-electron chi connectivity index (χ4n) is 2.31. The van der Waals surface area contributed by atoms with Crippen molar-refractivity contribution in [1.29, 1.82) is 0 Å². The number of alkyl carbamates (subject to hydrolysis) is 1. The van der Waals surface area contributed by atoms with Gasteiger partial charge in [-0.15, -0.1) is 0 Å². The van der Waals surface area contributed by atoms with Gasteiger partial charge < -0.3 is 31.7 Å². The average molecular weight is 435 g/mol. The standard InChI is InChI=1S/C20H29N5O6/c1-20(2,3)31-19(30)24-11-16(27)22-12-17(28)25-14(18(29)23-10-15(21)26)9-13-7-5-4-6-8-13/h4-8,14H,9-12H2,1-3H3,(H2,21,26)(H,22,27)(H,23,29)(H,24,30)(H,25,28)/t14-/m0/s1. The fourth-order valence-corrected chi connectivity index (χ4v) is 2.31. The Bertz CT molecular complexity index is 791. The zero-order valence-electron chi connectivity index (χ0n) is 17.8. The molecule has 0 bridgehead atoms. The van der Waals surface area contributed by atoms with E-state index in [9.17, 15) is 24.0 Å². The summed E-state index contributed by atoms with van der Waals surface area (Å²) in [5, 5.41) is 9.46. The van der Waals surface area contributed by atoms with Gasteiger partial charge in [0.1, 0.15) is 18.2 Å². The fraction of sp³-hybridized carbons (Fsp3) is 0.450. The van der Waals surface area contributed by atoms with Crippen LogP contribution >= 0.6 is 0 Å². The second-order valence-electron chi connectivity index (χ2n) is 7.63. The lowest BCUT2D eigenvalue weighted by Gasteiger charge is -2.20. The molecule has 1 atom stereocenters. The first-order valence-corrected chi connectivity index (χ1v) is 9.59. The monoisotopic (exact) mass is 435 g/mol. The van der Waals surface area contributed by atoms with Gasteiger partial charge in [0.2, 0.25) is 23.6 Å². The van der Waals surface area contributed by atoms with Gasteiger partial charge in [-0.05, 0) is 26.3 Å². The van der Waals surface area contributed by atoms with Crippen LogP contribution in [0.5, 0.6) is 0 Å². The van der Waals surface area contributed by atoms with Crippen LogP contribution in [0.1, 0.15) is 26.3 Å². The summed E-state index contributed by atoms with van der Waals surface area (Å²) in [5.74, 6) is -2.55. The minimum atomic E-state index is -0.981. The largest absolute Gasteiger partial charge is 0.444 e. The highest BCUT2D eigenvalue weighted by Gasteiger charge is 2.22. The van der Waals surface area contributed by atoms with E-state index in [1.165, 1.54) is 0 Å². The van der Waals surface area contributed by atoms with Gasteiger partial charge in [-0.1, -0.05) is 30.3 Å². The molecule has 0 unspecified atom stereocenters.